The fourth-order valence-corrected chi connectivity index (χ4v) is 2.58. The van der Waals surface area contributed by atoms with E-state index >= 15 is 0 Å². The van der Waals surface area contributed by atoms with Gasteiger partial charge in [-0.3, -0.25) is 4.79 Å². The number of rotatable bonds is 3. The first-order chi connectivity index (χ1) is 10.6. The van der Waals surface area contributed by atoms with Crippen molar-refractivity contribution in [1.82, 2.24) is 14.9 Å². The lowest BCUT2D eigenvalue weighted by atomic mass is 10.2. The second-order valence-electron chi connectivity index (χ2n) is 5.23. The maximum absolute atomic E-state index is 12.4. The summed E-state index contributed by atoms with van der Waals surface area (Å²) in [7, 11) is 0. The van der Waals surface area contributed by atoms with E-state index in [4.69, 9.17) is 17.3 Å². The van der Waals surface area contributed by atoms with Gasteiger partial charge in [-0.15, -0.1) is 0 Å². The highest BCUT2D eigenvalue weighted by Crippen LogP contribution is 2.17. The van der Waals surface area contributed by atoms with Gasteiger partial charge < -0.3 is 16.0 Å². The third-order valence-corrected chi connectivity index (χ3v) is 3.76. The van der Waals surface area contributed by atoms with Crippen molar-refractivity contribution in [2.24, 2.45) is 0 Å². The zero-order valence-electron chi connectivity index (χ0n) is 11.9. The summed E-state index contributed by atoms with van der Waals surface area (Å²) in [6.07, 6.45) is 3.93. The smallest absolute Gasteiger partial charge is 0.254 e. The Morgan fingerprint density at radius 1 is 1.36 bits per heavy atom. The van der Waals surface area contributed by atoms with E-state index in [0.29, 0.717) is 35.3 Å². The predicted octanol–water partition coefficient (Wildman–Crippen LogP) is 2.04. The number of aromatic nitrogens is 2. The number of nitrogens with one attached hydrogen (secondary N) is 1. The van der Waals surface area contributed by atoms with E-state index in [1.54, 1.807) is 36.7 Å². The minimum absolute atomic E-state index is 0.00590. The van der Waals surface area contributed by atoms with Crippen LogP contribution in [0.3, 0.4) is 0 Å². The average molecular weight is 318 g/mol. The molecule has 1 atom stereocenters. The molecule has 1 aromatic heterocycles. The van der Waals surface area contributed by atoms with Crippen molar-refractivity contribution in [3.05, 3.63) is 47.2 Å². The minimum Gasteiger partial charge on any atom is -0.399 e. The fraction of sp³-hybridized carbons (Fsp3) is 0.267. The summed E-state index contributed by atoms with van der Waals surface area (Å²) in [5.74, 6) is 0.515. The van der Waals surface area contributed by atoms with Gasteiger partial charge in [-0.05, 0) is 24.6 Å². The van der Waals surface area contributed by atoms with Gasteiger partial charge in [-0.2, -0.15) is 0 Å². The number of amides is 1. The number of likely N-dealkylation sites (tertiary alicyclic amines) is 1. The van der Waals surface area contributed by atoms with Gasteiger partial charge in [0.05, 0.1) is 17.4 Å². The molecule has 0 radical (unpaired) electrons. The van der Waals surface area contributed by atoms with E-state index in [9.17, 15) is 4.79 Å². The van der Waals surface area contributed by atoms with E-state index in [0.717, 1.165) is 6.42 Å². The maximum Gasteiger partial charge on any atom is 0.254 e. The van der Waals surface area contributed by atoms with Crippen molar-refractivity contribution in [2.45, 2.75) is 12.5 Å². The molecule has 7 heteroatoms. The first-order valence-corrected chi connectivity index (χ1v) is 7.38. The van der Waals surface area contributed by atoms with Gasteiger partial charge in [0, 0.05) is 30.4 Å². The van der Waals surface area contributed by atoms with Gasteiger partial charge in [0.1, 0.15) is 0 Å². The number of carbonyl (C=O) groups is 1. The maximum atomic E-state index is 12.4. The molecule has 2 heterocycles. The number of halogens is 1. The molecular weight excluding hydrogens is 302 g/mol. The zero-order valence-corrected chi connectivity index (χ0v) is 12.6. The van der Waals surface area contributed by atoms with Gasteiger partial charge in [0.25, 0.3) is 5.91 Å². The van der Waals surface area contributed by atoms with Crippen LogP contribution in [-0.2, 0) is 0 Å². The highest BCUT2D eigenvalue weighted by atomic mass is 35.5. The normalized spacial score (nSPS) is 17.5. The largest absolute Gasteiger partial charge is 0.399 e. The molecule has 2 aromatic rings. The van der Waals surface area contributed by atoms with E-state index in [1.165, 1.54) is 0 Å². The van der Waals surface area contributed by atoms with Gasteiger partial charge in [-0.25, -0.2) is 9.97 Å². The molecule has 1 aliphatic rings. The number of benzene rings is 1. The van der Waals surface area contributed by atoms with Crippen LogP contribution in [0.25, 0.3) is 0 Å². The zero-order chi connectivity index (χ0) is 15.5. The molecule has 114 valence electrons. The van der Waals surface area contributed by atoms with Crippen LogP contribution >= 0.6 is 11.6 Å². The van der Waals surface area contributed by atoms with E-state index < -0.39 is 0 Å². The first kappa shape index (κ1) is 14.6. The molecule has 0 spiro atoms. The summed E-state index contributed by atoms with van der Waals surface area (Å²) in [6, 6.07) is 7.16. The van der Waals surface area contributed by atoms with Crippen molar-refractivity contribution >= 4 is 29.1 Å². The lowest BCUT2D eigenvalue weighted by molar-refractivity contribution is 0.0791. The monoisotopic (exact) mass is 317 g/mol. The van der Waals surface area contributed by atoms with Gasteiger partial charge >= 0.3 is 0 Å². The molecule has 0 bridgehead atoms. The van der Waals surface area contributed by atoms with Gasteiger partial charge in [-0.1, -0.05) is 17.7 Å². The van der Waals surface area contributed by atoms with Crippen LogP contribution in [0.15, 0.2) is 36.7 Å². The number of hydrogen-bond acceptors (Lipinski definition) is 5. The van der Waals surface area contributed by atoms with Crippen molar-refractivity contribution in [3.63, 3.8) is 0 Å². The number of nitrogen functional groups attached to an aromatic ring is 1. The Balaban J connectivity index is 1.62. The van der Waals surface area contributed by atoms with Crippen LogP contribution < -0.4 is 11.1 Å². The van der Waals surface area contributed by atoms with E-state index in [2.05, 4.69) is 15.3 Å². The Morgan fingerprint density at radius 3 is 2.86 bits per heavy atom. The van der Waals surface area contributed by atoms with Crippen molar-refractivity contribution < 1.29 is 4.79 Å². The van der Waals surface area contributed by atoms with Gasteiger partial charge in [0.15, 0.2) is 0 Å². The SMILES string of the molecule is Nc1cccc(C(=O)N2CC[C@H](Nc3ncc(Cl)cn3)C2)c1. The minimum atomic E-state index is -0.00590. The second-order valence-corrected chi connectivity index (χ2v) is 5.67. The molecule has 1 aromatic carbocycles. The highest BCUT2D eigenvalue weighted by Gasteiger charge is 2.27. The molecule has 1 amide bonds. The summed E-state index contributed by atoms with van der Waals surface area (Å²) in [5.41, 5.74) is 6.93. The highest BCUT2D eigenvalue weighted by molar-refractivity contribution is 6.30. The van der Waals surface area contributed by atoms with Crippen molar-refractivity contribution in [1.29, 1.82) is 0 Å². The molecule has 1 fully saturated rings. The molecule has 3 rings (SSSR count). The number of hydrogen-bond donors (Lipinski definition) is 2. The molecule has 0 saturated carbocycles. The molecule has 22 heavy (non-hydrogen) atoms. The Kier molecular flexibility index (Phi) is 4.11. The third-order valence-electron chi connectivity index (χ3n) is 3.56. The number of nitrogens with zero attached hydrogens (tertiary/aromatic N) is 3. The molecule has 1 saturated heterocycles. The van der Waals surface area contributed by atoms with Crippen LogP contribution in [-0.4, -0.2) is 39.9 Å². The van der Waals surface area contributed by atoms with E-state index in [-0.39, 0.29) is 11.9 Å². The summed E-state index contributed by atoms with van der Waals surface area (Å²) >= 11 is 5.76. The number of carbonyl (C=O) groups excluding carboxylic acids is 1. The average Bonchev–Trinajstić information content (AvgIpc) is 2.97. The standard InChI is InChI=1S/C15H16ClN5O/c16-11-7-18-15(19-8-11)20-13-4-5-21(9-13)14(22)10-2-1-3-12(17)6-10/h1-3,6-8,13H,4-5,9,17H2,(H,18,19,20)/t13-/m0/s1. The van der Waals surface area contributed by atoms with Gasteiger partial charge in [0.2, 0.25) is 5.95 Å². The lowest BCUT2D eigenvalue weighted by Gasteiger charge is -2.17. The predicted molar refractivity (Wildman–Crippen MR) is 85.8 cm³/mol. The molecule has 6 nitrogen and oxygen atoms in total. The van der Waals surface area contributed by atoms with Crippen LogP contribution in [0.4, 0.5) is 11.6 Å². The quantitative estimate of drug-likeness (QED) is 0.846. The molecule has 0 aliphatic carbocycles. The Labute approximate surface area is 133 Å². The lowest BCUT2D eigenvalue weighted by Crippen LogP contribution is -2.31. The molecule has 3 N–H and O–H groups in total. The Bertz CT molecular complexity index is 676. The van der Waals surface area contributed by atoms with Crippen LogP contribution in [0.1, 0.15) is 16.8 Å². The summed E-state index contributed by atoms with van der Waals surface area (Å²) in [4.78, 5) is 22.5. The Hall–Kier alpha value is -2.34. The van der Waals surface area contributed by atoms with Crippen LogP contribution in [0.2, 0.25) is 5.02 Å². The van der Waals surface area contributed by atoms with Crippen LogP contribution in [0, 0.1) is 0 Å². The van der Waals surface area contributed by atoms with Crippen molar-refractivity contribution in [2.75, 3.05) is 24.1 Å². The van der Waals surface area contributed by atoms with Crippen molar-refractivity contribution in [3.8, 4) is 0 Å². The Morgan fingerprint density at radius 2 is 2.14 bits per heavy atom. The number of anilines is 2. The molecular formula is C15H16ClN5O. The summed E-state index contributed by atoms with van der Waals surface area (Å²) in [5, 5.41) is 3.71. The first-order valence-electron chi connectivity index (χ1n) is 7.01. The fourth-order valence-electron chi connectivity index (χ4n) is 2.49. The summed E-state index contributed by atoms with van der Waals surface area (Å²) < 4.78 is 0. The molecule has 0 unspecified atom stereocenters. The summed E-state index contributed by atoms with van der Waals surface area (Å²) in [6.45, 7) is 1.30. The van der Waals surface area contributed by atoms with Crippen LogP contribution in [0.5, 0.6) is 0 Å². The number of nitrogens with two attached hydrogens (primary N) is 1. The molecule has 1 aliphatic heterocycles. The second kappa shape index (κ2) is 6.19. The third kappa shape index (κ3) is 3.28. The topological polar surface area (TPSA) is 84.1 Å². The van der Waals surface area contributed by atoms with E-state index in [1.807, 2.05) is 4.90 Å².